The fraction of sp³-hybridized carbons (Fsp3) is 0.444. The SMILES string of the molecule is CC1CN(C(=O)C2CCN(C(=O)C(NC(=O)c3ccccc3)c3ccccc3)CC2)CC(C)O1. The maximum atomic E-state index is 13.5. The van der Waals surface area contributed by atoms with Gasteiger partial charge in [-0.25, -0.2) is 0 Å². The standard InChI is InChI=1S/C27H33N3O4/c1-19-17-30(18-20(2)34-19)26(32)23-13-15-29(16-14-23)27(33)24(21-9-5-3-6-10-21)28-25(31)22-11-7-4-8-12-22/h3-12,19-20,23-24H,13-18H2,1-2H3,(H,28,31). The van der Waals surface area contributed by atoms with E-state index >= 15 is 0 Å². The molecule has 4 rings (SSSR count). The van der Waals surface area contributed by atoms with Crippen molar-refractivity contribution < 1.29 is 19.1 Å². The Balaban J connectivity index is 1.41. The summed E-state index contributed by atoms with van der Waals surface area (Å²) in [6.45, 7) is 6.20. The molecule has 2 aromatic carbocycles. The van der Waals surface area contributed by atoms with Gasteiger partial charge in [0.1, 0.15) is 6.04 Å². The second-order valence-corrected chi connectivity index (χ2v) is 9.28. The van der Waals surface area contributed by atoms with Crippen LogP contribution in [0.25, 0.3) is 0 Å². The molecule has 7 heteroatoms. The molecule has 0 bridgehead atoms. The predicted molar refractivity (Wildman–Crippen MR) is 129 cm³/mol. The number of rotatable bonds is 5. The van der Waals surface area contributed by atoms with Gasteiger partial charge in [-0.15, -0.1) is 0 Å². The van der Waals surface area contributed by atoms with Crippen molar-refractivity contribution in [1.29, 1.82) is 0 Å². The van der Waals surface area contributed by atoms with E-state index in [1.165, 1.54) is 0 Å². The minimum Gasteiger partial charge on any atom is -0.372 e. The van der Waals surface area contributed by atoms with Crippen LogP contribution < -0.4 is 5.32 Å². The summed E-state index contributed by atoms with van der Waals surface area (Å²) in [5.41, 5.74) is 1.25. The summed E-state index contributed by atoms with van der Waals surface area (Å²) in [5.74, 6) is -0.361. The highest BCUT2D eigenvalue weighted by molar-refractivity contribution is 5.97. The van der Waals surface area contributed by atoms with E-state index in [1.54, 1.807) is 29.2 Å². The summed E-state index contributed by atoms with van der Waals surface area (Å²) >= 11 is 0. The van der Waals surface area contributed by atoms with Gasteiger partial charge in [-0.1, -0.05) is 48.5 Å². The minimum absolute atomic E-state index is 0.0363. The first-order valence-corrected chi connectivity index (χ1v) is 12.1. The zero-order valence-corrected chi connectivity index (χ0v) is 19.9. The van der Waals surface area contributed by atoms with E-state index in [2.05, 4.69) is 5.32 Å². The first kappa shape index (κ1) is 24.0. The molecule has 3 amide bonds. The number of hydrogen-bond donors (Lipinski definition) is 1. The van der Waals surface area contributed by atoms with Crippen molar-refractivity contribution in [3.05, 3.63) is 71.8 Å². The summed E-state index contributed by atoms with van der Waals surface area (Å²) in [6, 6.07) is 17.4. The van der Waals surface area contributed by atoms with Gasteiger partial charge >= 0.3 is 0 Å². The van der Waals surface area contributed by atoms with E-state index < -0.39 is 6.04 Å². The fourth-order valence-corrected chi connectivity index (χ4v) is 4.88. The lowest BCUT2D eigenvalue weighted by Crippen LogP contribution is -2.52. The van der Waals surface area contributed by atoms with E-state index in [0.717, 1.165) is 5.56 Å². The second kappa shape index (κ2) is 10.8. The van der Waals surface area contributed by atoms with Gasteiger partial charge in [0.05, 0.1) is 12.2 Å². The highest BCUT2D eigenvalue weighted by atomic mass is 16.5. The van der Waals surface area contributed by atoms with E-state index in [-0.39, 0.29) is 35.8 Å². The Bertz CT molecular complexity index is 979. The van der Waals surface area contributed by atoms with Crippen LogP contribution in [0.15, 0.2) is 60.7 Å². The maximum Gasteiger partial charge on any atom is 0.252 e. The number of carbonyl (C=O) groups excluding carboxylic acids is 3. The molecule has 180 valence electrons. The largest absolute Gasteiger partial charge is 0.372 e. The third kappa shape index (κ3) is 5.65. The van der Waals surface area contributed by atoms with Gasteiger partial charge < -0.3 is 19.9 Å². The Labute approximate surface area is 201 Å². The van der Waals surface area contributed by atoms with Gasteiger partial charge in [-0.3, -0.25) is 14.4 Å². The molecule has 3 unspecified atom stereocenters. The number of morpholine rings is 1. The van der Waals surface area contributed by atoms with Crippen molar-refractivity contribution in [2.24, 2.45) is 5.92 Å². The molecular weight excluding hydrogens is 430 g/mol. The van der Waals surface area contributed by atoms with Crippen molar-refractivity contribution in [1.82, 2.24) is 15.1 Å². The lowest BCUT2D eigenvalue weighted by atomic mass is 9.93. The van der Waals surface area contributed by atoms with Crippen LogP contribution in [0.4, 0.5) is 0 Å². The van der Waals surface area contributed by atoms with Crippen LogP contribution in [0.5, 0.6) is 0 Å². The van der Waals surface area contributed by atoms with E-state index in [0.29, 0.717) is 44.6 Å². The van der Waals surface area contributed by atoms with Crippen LogP contribution in [-0.4, -0.2) is 65.9 Å². The number of carbonyl (C=O) groups is 3. The lowest BCUT2D eigenvalue weighted by Gasteiger charge is -2.39. The minimum atomic E-state index is -0.776. The average molecular weight is 464 g/mol. The van der Waals surface area contributed by atoms with Crippen LogP contribution in [-0.2, 0) is 14.3 Å². The van der Waals surface area contributed by atoms with Gasteiger partial charge in [0.25, 0.3) is 5.91 Å². The molecule has 7 nitrogen and oxygen atoms in total. The molecule has 1 N–H and O–H groups in total. The third-order valence-electron chi connectivity index (χ3n) is 6.58. The number of amides is 3. The maximum absolute atomic E-state index is 13.5. The Morgan fingerprint density at radius 3 is 2.00 bits per heavy atom. The van der Waals surface area contributed by atoms with Gasteiger partial charge in [0, 0.05) is 37.7 Å². The second-order valence-electron chi connectivity index (χ2n) is 9.28. The monoisotopic (exact) mass is 463 g/mol. The Morgan fingerprint density at radius 2 is 1.41 bits per heavy atom. The molecule has 2 fully saturated rings. The van der Waals surface area contributed by atoms with Crippen LogP contribution >= 0.6 is 0 Å². The van der Waals surface area contributed by atoms with Gasteiger partial charge in [0.2, 0.25) is 11.8 Å². The molecule has 3 atom stereocenters. The highest BCUT2D eigenvalue weighted by Crippen LogP contribution is 2.25. The summed E-state index contributed by atoms with van der Waals surface area (Å²) in [7, 11) is 0. The number of ether oxygens (including phenoxy) is 1. The first-order valence-electron chi connectivity index (χ1n) is 12.1. The smallest absolute Gasteiger partial charge is 0.252 e. The molecule has 34 heavy (non-hydrogen) atoms. The van der Waals surface area contributed by atoms with Gasteiger partial charge in [-0.2, -0.15) is 0 Å². The summed E-state index contributed by atoms with van der Waals surface area (Å²) in [5, 5.41) is 2.92. The normalized spacial score (nSPS) is 22.2. The van der Waals surface area contributed by atoms with Crippen LogP contribution in [0.1, 0.15) is 48.7 Å². The van der Waals surface area contributed by atoms with Crippen molar-refractivity contribution in [2.75, 3.05) is 26.2 Å². The zero-order valence-electron chi connectivity index (χ0n) is 19.9. The van der Waals surface area contributed by atoms with Crippen molar-refractivity contribution in [2.45, 2.75) is 44.9 Å². The van der Waals surface area contributed by atoms with Crippen LogP contribution in [0.3, 0.4) is 0 Å². The molecule has 2 aliphatic rings. The summed E-state index contributed by atoms with van der Waals surface area (Å²) in [4.78, 5) is 43.1. The van der Waals surface area contributed by atoms with E-state index in [9.17, 15) is 14.4 Å². The lowest BCUT2D eigenvalue weighted by molar-refractivity contribution is -0.150. The van der Waals surface area contributed by atoms with Gasteiger partial charge in [0.15, 0.2) is 0 Å². The number of nitrogens with one attached hydrogen (secondary N) is 1. The molecule has 2 aliphatic heterocycles. The topological polar surface area (TPSA) is 79.0 Å². The molecule has 0 saturated carbocycles. The fourth-order valence-electron chi connectivity index (χ4n) is 4.88. The molecule has 2 aromatic rings. The third-order valence-corrected chi connectivity index (χ3v) is 6.58. The Kier molecular flexibility index (Phi) is 7.63. The first-order chi connectivity index (χ1) is 16.4. The van der Waals surface area contributed by atoms with Crippen molar-refractivity contribution in [3.63, 3.8) is 0 Å². The molecule has 2 saturated heterocycles. The summed E-state index contributed by atoms with van der Waals surface area (Å²) in [6.07, 6.45) is 1.32. The quantitative estimate of drug-likeness (QED) is 0.739. The zero-order chi connectivity index (χ0) is 24.1. The molecule has 0 spiro atoms. The molecular formula is C27H33N3O4. The van der Waals surface area contributed by atoms with Crippen molar-refractivity contribution in [3.8, 4) is 0 Å². The Hall–Kier alpha value is -3.19. The van der Waals surface area contributed by atoms with Crippen LogP contribution in [0, 0.1) is 5.92 Å². The summed E-state index contributed by atoms with van der Waals surface area (Å²) < 4.78 is 5.75. The molecule has 2 heterocycles. The highest BCUT2D eigenvalue weighted by Gasteiger charge is 2.35. The number of likely N-dealkylation sites (tertiary alicyclic amines) is 1. The van der Waals surface area contributed by atoms with Crippen LogP contribution in [0.2, 0.25) is 0 Å². The molecule has 0 radical (unpaired) electrons. The van der Waals surface area contributed by atoms with Gasteiger partial charge in [-0.05, 0) is 44.4 Å². The predicted octanol–water partition coefficient (Wildman–Crippen LogP) is 3.03. The number of benzene rings is 2. The van der Waals surface area contributed by atoms with Crippen molar-refractivity contribution >= 4 is 17.7 Å². The Morgan fingerprint density at radius 1 is 0.853 bits per heavy atom. The number of nitrogens with zero attached hydrogens (tertiary/aromatic N) is 2. The van der Waals surface area contributed by atoms with E-state index in [1.807, 2.05) is 55.1 Å². The number of piperidine rings is 1. The molecule has 0 aliphatic carbocycles. The average Bonchev–Trinajstić information content (AvgIpc) is 2.87. The molecule has 0 aromatic heterocycles. The number of hydrogen-bond acceptors (Lipinski definition) is 4. The van der Waals surface area contributed by atoms with E-state index in [4.69, 9.17) is 4.74 Å².